The van der Waals surface area contributed by atoms with E-state index >= 15 is 0 Å². The van der Waals surface area contributed by atoms with Gasteiger partial charge in [-0.3, -0.25) is 4.79 Å². The average molecular weight is 303 g/mol. The Labute approximate surface area is 128 Å². The predicted molar refractivity (Wildman–Crippen MR) is 84.1 cm³/mol. The Morgan fingerprint density at radius 3 is 2.62 bits per heavy atom. The number of carbonyl (C=O) groups excluding carboxylic acids is 1. The van der Waals surface area contributed by atoms with Crippen LogP contribution in [0.3, 0.4) is 0 Å². The second kappa shape index (κ2) is 7.45. The first-order valence-corrected chi connectivity index (χ1v) is 6.89. The summed E-state index contributed by atoms with van der Waals surface area (Å²) in [5.41, 5.74) is 3.69. The Balaban J connectivity index is 1.96. The molecule has 0 saturated carbocycles. The summed E-state index contributed by atoms with van der Waals surface area (Å²) in [6, 6.07) is 14.2. The molecule has 0 atom stereocenters. The summed E-state index contributed by atoms with van der Waals surface area (Å²) < 4.78 is 5.35. The highest BCUT2D eigenvalue weighted by Crippen LogP contribution is 2.14. The van der Waals surface area contributed by atoms with Gasteiger partial charge in [-0.2, -0.15) is 5.10 Å². The lowest BCUT2D eigenvalue weighted by atomic mass is 10.2. The second-order valence-electron chi connectivity index (χ2n) is 4.18. The van der Waals surface area contributed by atoms with E-state index in [2.05, 4.69) is 10.5 Å². The minimum atomic E-state index is -0.345. The van der Waals surface area contributed by atoms with E-state index in [1.807, 2.05) is 31.2 Å². The van der Waals surface area contributed by atoms with Gasteiger partial charge in [-0.15, -0.1) is 0 Å². The number of halogens is 1. The largest absolute Gasteiger partial charge is 0.494 e. The van der Waals surface area contributed by atoms with Crippen LogP contribution in [0.4, 0.5) is 0 Å². The van der Waals surface area contributed by atoms with Gasteiger partial charge in [0.25, 0.3) is 5.91 Å². The van der Waals surface area contributed by atoms with Gasteiger partial charge in [-0.25, -0.2) is 5.43 Å². The summed E-state index contributed by atoms with van der Waals surface area (Å²) in [5, 5.41) is 4.31. The molecule has 1 N–H and O–H groups in total. The van der Waals surface area contributed by atoms with Crippen LogP contribution in [0.15, 0.2) is 53.6 Å². The second-order valence-corrected chi connectivity index (χ2v) is 4.59. The van der Waals surface area contributed by atoms with Gasteiger partial charge < -0.3 is 4.74 Å². The molecule has 0 bridgehead atoms. The minimum Gasteiger partial charge on any atom is -0.494 e. The third kappa shape index (κ3) is 4.33. The maximum absolute atomic E-state index is 11.9. The summed E-state index contributed by atoms with van der Waals surface area (Å²) in [5.74, 6) is 0.456. The smallest absolute Gasteiger partial charge is 0.272 e. The molecule has 2 aromatic carbocycles. The fraction of sp³-hybridized carbons (Fsp3) is 0.125. The SMILES string of the molecule is CCOc1ccc(/C=N/NC(=O)c2ccccc2Cl)cc1. The third-order valence-electron chi connectivity index (χ3n) is 2.69. The molecule has 0 saturated heterocycles. The van der Waals surface area contributed by atoms with Crippen LogP contribution in [0.1, 0.15) is 22.8 Å². The first-order chi connectivity index (χ1) is 10.2. The van der Waals surface area contributed by atoms with Crippen LogP contribution in [0.5, 0.6) is 5.75 Å². The lowest BCUT2D eigenvalue weighted by Crippen LogP contribution is -2.17. The van der Waals surface area contributed by atoms with Gasteiger partial charge in [0.05, 0.1) is 23.4 Å². The van der Waals surface area contributed by atoms with Crippen molar-refractivity contribution < 1.29 is 9.53 Å². The van der Waals surface area contributed by atoms with E-state index in [1.54, 1.807) is 30.5 Å². The average Bonchev–Trinajstić information content (AvgIpc) is 2.49. The van der Waals surface area contributed by atoms with Crippen LogP contribution in [0.25, 0.3) is 0 Å². The summed E-state index contributed by atoms with van der Waals surface area (Å²) in [6.07, 6.45) is 1.56. The number of benzene rings is 2. The van der Waals surface area contributed by atoms with Gasteiger partial charge >= 0.3 is 0 Å². The van der Waals surface area contributed by atoms with Crippen molar-refractivity contribution in [1.29, 1.82) is 0 Å². The Morgan fingerprint density at radius 1 is 1.24 bits per heavy atom. The van der Waals surface area contributed by atoms with E-state index in [0.717, 1.165) is 11.3 Å². The third-order valence-corrected chi connectivity index (χ3v) is 3.02. The summed E-state index contributed by atoms with van der Waals surface area (Å²) in [4.78, 5) is 11.9. The minimum absolute atomic E-state index is 0.345. The normalized spacial score (nSPS) is 10.6. The number of hydrazone groups is 1. The molecule has 21 heavy (non-hydrogen) atoms. The monoisotopic (exact) mass is 302 g/mol. The van der Waals surface area contributed by atoms with Crippen LogP contribution in [0.2, 0.25) is 5.02 Å². The highest BCUT2D eigenvalue weighted by molar-refractivity contribution is 6.33. The van der Waals surface area contributed by atoms with Crippen molar-refractivity contribution in [1.82, 2.24) is 5.43 Å². The van der Waals surface area contributed by atoms with Crippen molar-refractivity contribution in [2.45, 2.75) is 6.92 Å². The molecule has 0 aliphatic heterocycles. The quantitative estimate of drug-likeness (QED) is 0.679. The molecule has 0 unspecified atom stereocenters. The van der Waals surface area contributed by atoms with E-state index in [9.17, 15) is 4.79 Å². The van der Waals surface area contributed by atoms with Gasteiger partial charge in [0.1, 0.15) is 5.75 Å². The number of amides is 1. The zero-order chi connectivity index (χ0) is 15.1. The van der Waals surface area contributed by atoms with Crippen LogP contribution in [-0.2, 0) is 0 Å². The Bertz CT molecular complexity index is 639. The van der Waals surface area contributed by atoms with Crippen LogP contribution < -0.4 is 10.2 Å². The predicted octanol–water partition coefficient (Wildman–Crippen LogP) is 3.50. The molecule has 0 aliphatic rings. The van der Waals surface area contributed by atoms with Gasteiger partial charge in [-0.05, 0) is 48.9 Å². The molecule has 1 amide bonds. The maximum Gasteiger partial charge on any atom is 0.272 e. The summed E-state index contributed by atoms with van der Waals surface area (Å²) >= 11 is 5.94. The van der Waals surface area contributed by atoms with Crippen molar-refractivity contribution in [3.63, 3.8) is 0 Å². The Hall–Kier alpha value is -2.33. The van der Waals surface area contributed by atoms with E-state index < -0.39 is 0 Å². The van der Waals surface area contributed by atoms with Crippen molar-refractivity contribution in [2.75, 3.05) is 6.61 Å². The highest BCUT2D eigenvalue weighted by atomic mass is 35.5. The number of hydrogen-bond donors (Lipinski definition) is 1. The summed E-state index contributed by atoms with van der Waals surface area (Å²) in [6.45, 7) is 2.56. The van der Waals surface area contributed by atoms with E-state index in [1.165, 1.54) is 0 Å². The van der Waals surface area contributed by atoms with E-state index in [4.69, 9.17) is 16.3 Å². The molecular formula is C16H15ClN2O2. The van der Waals surface area contributed by atoms with Crippen molar-refractivity contribution in [3.05, 3.63) is 64.7 Å². The number of ether oxygens (including phenoxy) is 1. The maximum atomic E-state index is 11.9. The number of nitrogens with zero attached hydrogens (tertiary/aromatic N) is 1. The van der Waals surface area contributed by atoms with Crippen molar-refractivity contribution in [2.24, 2.45) is 5.10 Å². The molecule has 5 heteroatoms. The highest BCUT2D eigenvalue weighted by Gasteiger charge is 2.07. The number of carbonyl (C=O) groups is 1. The van der Waals surface area contributed by atoms with Crippen LogP contribution >= 0.6 is 11.6 Å². The zero-order valence-electron chi connectivity index (χ0n) is 11.5. The molecular weight excluding hydrogens is 288 g/mol. The Kier molecular flexibility index (Phi) is 5.35. The van der Waals surface area contributed by atoms with Crippen molar-refractivity contribution in [3.8, 4) is 5.75 Å². The zero-order valence-corrected chi connectivity index (χ0v) is 12.3. The standard InChI is InChI=1S/C16H15ClN2O2/c1-2-21-13-9-7-12(8-10-13)11-18-19-16(20)14-5-3-4-6-15(14)17/h3-11H,2H2,1H3,(H,19,20)/b18-11+. The number of rotatable bonds is 5. The fourth-order valence-electron chi connectivity index (χ4n) is 1.69. The lowest BCUT2D eigenvalue weighted by Gasteiger charge is -2.03. The number of hydrogen-bond acceptors (Lipinski definition) is 3. The molecule has 0 aliphatic carbocycles. The topological polar surface area (TPSA) is 50.7 Å². The number of nitrogens with one attached hydrogen (secondary N) is 1. The molecule has 108 valence electrons. The first kappa shape index (κ1) is 15.1. The van der Waals surface area contributed by atoms with Crippen LogP contribution in [0, 0.1) is 0 Å². The van der Waals surface area contributed by atoms with Crippen molar-refractivity contribution >= 4 is 23.7 Å². The lowest BCUT2D eigenvalue weighted by molar-refractivity contribution is 0.0955. The van der Waals surface area contributed by atoms with Gasteiger partial charge in [0, 0.05) is 0 Å². The molecule has 4 nitrogen and oxygen atoms in total. The first-order valence-electron chi connectivity index (χ1n) is 6.51. The molecule has 0 spiro atoms. The molecule has 2 aromatic rings. The molecule has 0 radical (unpaired) electrons. The molecule has 0 fully saturated rings. The van der Waals surface area contributed by atoms with E-state index in [0.29, 0.717) is 17.2 Å². The summed E-state index contributed by atoms with van der Waals surface area (Å²) in [7, 11) is 0. The Morgan fingerprint density at radius 2 is 1.95 bits per heavy atom. The fourth-order valence-corrected chi connectivity index (χ4v) is 1.91. The van der Waals surface area contributed by atoms with E-state index in [-0.39, 0.29) is 5.91 Å². The van der Waals surface area contributed by atoms with Crippen LogP contribution in [-0.4, -0.2) is 18.7 Å². The van der Waals surface area contributed by atoms with Gasteiger partial charge in [0.15, 0.2) is 0 Å². The van der Waals surface area contributed by atoms with Gasteiger partial charge in [-0.1, -0.05) is 23.7 Å². The molecule has 0 heterocycles. The molecule has 2 rings (SSSR count). The van der Waals surface area contributed by atoms with Gasteiger partial charge in [0.2, 0.25) is 0 Å². The molecule has 0 aromatic heterocycles.